The SMILES string of the molecule is O=C(Nc1ccc(C(=O)N2Cc3cccnc3Nc3ccccc32)cn1)c1cccnc1F. The van der Waals surface area contributed by atoms with Gasteiger partial charge in [0.25, 0.3) is 11.8 Å². The molecule has 33 heavy (non-hydrogen) atoms. The molecular weight excluding hydrogens is 423 g/mol. The Hall–Kier alpha value is -4.66. The van der Waals surface area contributed by atoms with E-state index in [1.165, 1.54) is 30.6 Å². The third-order valence-electron chi connectivity index (χ3n) is 5.17. The van der Waals surface area contributed by atoms with Gasteiger partial charge in [0.05, 0.1) is 29.0 Å². The summed E-state index contributed by atoms with van der Waals surface area (Å²) in [7, 11) is 0. The molecule has 0 radical (unpaired) electrons. The molecule has 0 unspecified atom stereocenters. The molecule has 2 N–H and O–H groups in total. The summed E-state index contributed by atoms with van der Waals surface area (Å²) < 4.78 is 13.7. The Labute approximate surface area is 188 Å². The molecule has 0 aliphatic carbocycles. The van der Waals surface area contributed by atoms with Crippen molar-refractivity contribution in [2.24, 2.45) is 0 Å². The van der Waals surface area contributed by atoms with Crippen LogP contribution in [-0.2, 0) is 6.54 Å². The highest BCUT2D eigenvalue weighted by Crippen LogP contribution is 2.35. The van der Waals surface area contributed by atoms with Gasteiger partial charge in [-0.1, -0.05) is 18.2 Å². The third-order valence-corrected chi connectivity index (χ3v) is 5.17. The second-order valence-corrected chi connectivity index (χ2v) is 7.27. The number of para-hydroxylation sites is 2. The van der Waals surface area contributed by atoms with E-state index >= 15 is 0 Å². The van der Waals surface area contributed by atoms with E-state index < -0.39 is 11.9 Å². The van der Waals surface area contributed by atoms with E-state index in [1.54, 1.807) is 17.2 Å². The van der Waals surface area contributed by atoms with Gasteiger partial charge < -0.3 is 15.5 Å². The van der Waals surface area contributed by atoms with Crippen molar-refractivity contribution in [3.05, 3.63) is 102 Å². The van der Waals surface area contributed by atoms with E-state index in [0.717, 1.165) is 11.3 Å². The van der Waals surface area contributed by atoms with E-state index in [9.17, 15) is 14.0 Å². The average molecular weight is 440 g/mol. The molecule has 0 atom stereocenters. The molecule has 2 amide bonds. The van der Waals surface area contributed by atoms with Crippen LogP contribution in [0.3, 0.4) is 0 Å². The molecule has 5 rings (SSSR count). The zero-order chi connectivity index (χ0) is 22.8. The van der Waals surface area contributed by atoms with Crippen LogP contribution in [0.2, 0.25) is 0 Å². The lowest BCUT2D eigenvalue weighted by Crippen LogP contribution is -2.30. The predicted octanol–water partition coefficient (Wildman–Crippen LogP) is 4.17. The van der Waals surface area contributed by atoms with Crippen LogP contribution in [-0.4, -0.2) is 26.8 Å². The molecule has 0 saturated carbocycles. The van der Waals surface area contributed by atoms with Gasteiger partial charge in [0.1, 0.15) is 11.6 Å². The zero-order valence-electron chi connectivity index (χ0n) is 17.2. The van der Waals surface area contributed by atoms with E-state index in [0.29, 0.717) is 23.6 Å². The van der Waals surface area contributed by atoms with Gasteiger partial charge in [0.15, 0.2) is 0 Å². The fourth-order valence-corrected chi connectivity index (χ4v) is 3.55. The lowest BCUT2D eigenvalue weighted by atomic mass is 10.1. The number of benzene rings is 1. The highest BCUT2D eigenvalue weighted by molar-refractivity contribution is 6.08. The average Bonchev–Trinajstić information content (AvgIpc) is 3.01. The lowest BCUT2D eigenvalue weighted by Gasteiger charge is -2.22. The first-order valence-corrected chi connectivity index (χ1v) is 10.1. The smallest absolute Gasteiger partial charge is 0.261 e. The molecule has 9 heteroatoms. The number of nitrogens with one attached hydrogen (secondary N) is 2. The number of carbonyl (C=O) groups is 2. The number of halogens is 1. The Morgan fingerprint density at radius 1 is 0.939 bits per heavy atom. The maximum Gasteiger partial charge on any atom is 0.261 e. The number of rotatable bonds is 3. The molecule has 8 nitrogen and oxygen atoms in total. The summed E-state index contributed by atoms with van der Waals surface area (Å²) in [5, 5.41) is 5.80. The number of pyridine rings is 3. The van der Waals surface area contributed by atoms with Crippen molar-refractivity contribution in [2.45, 2.75) is 6.54 Å². The van der Waals surface area contributed by atoms with Crippen molar-refractivity contribution in [2.75, 3.05) is 15.5 Å². The van der Waals surface area contributed by atoms with Gasteiger partial charge in [-0.25, -0.2) is 15.0 Å². The quantitative estimate of drug-likeness (QED) is 0.464. The maximum atomic E-state index is 13.7. The summed E-state index contributed by atoms with van der Waals surface area (Å²) in [6, 6.07) is 17.1. The topological polar surface area (TPSA) is 100 Å². The number of nitrogens with zero attached hydrogens (tertiary/aromatic N) is 4. The van der Waals surface area contributed by atoms with E-state index in [4.69, 9.17) is 0 Å². The molecule has 4 heterocycles. The van der Waals surface area contributed by atoms with Crippen molar-refractivity contribution in [1.82, 2.24) is 15.0 Å². The molecule has 0 bridgehead atoms. The second-order valence-electron chi connectivity index (χ2n) is 7.27. The highest BCUT2D eigenvalue weighted by Gasteiger charge is 2.25. The largest absolute Gasteiger partial charge is 0.338 e. The molecule has 1 aliphatic rings. The van der Waals surface area contributed by atoms with Gasteiger partial charge in [0, 0.05) is 24.2 Å². The molecule has 1 aliphatic heterocycles. The number of amides is 2. The standard InChI is InChI=1S/C24H17FN6O2/c25-21-17(6-4-11-26-21)23(32)30-20-10-9-15(13-28-20)24(33)31-14-16-5-3-12-27-22(16)29-18-7-1-2-8-19(18)31/h1-13H,14H2,(H,27,29)(H,28,30,32). The number of carbonyl (C=O) groups excluding carboxylic acids is 2. The van der Waals surface area contributed by atoms with Crippen LogP contribution < -0.4 is 15.5 Å². The van der Waals surface area contributed by atoms with Crippen LogP contribution in [0.1, 0.15) is 26.3 Å². The van der Waals surface area contributed by atoms with Crippen molar-refractivity contribution in [3.8, 4) is 0 Å². The Balaban J connectivity index is 1.40. The molecule has 0 fully saturated rings. The first-order chi connectivity index (χ1) is 16.1. The number of anilines is 4. The second kappa shape index (κ2) is 8.46. The number of hydrogen-bond acceptors (Lipinski definition) is 6. The monoisotopic (exact) mass is 440 g/mol. The first-order valence-electron chi connectivity index (χ1n) is 10.1. The Bertz CT molecular complexity index is 1360. The number of fused-ring (bicyclic) bond motifs is 2. The summed E-state index contributed by atoms with van der Waals surface area (Å²) in [6.07, 6.45) is 4.33. The van der Waals surface area contributed by atoms with Crippen LogP contribution in [0, 0.1) is 5.95 Å². The van der Waals surface area contributed by atoms with Gasteiger partial charge in [0.2, 0.25) is 5.95 Å². The molecule has 1 aromatic carbocycles. The van der Waals surface area contributed by atoms with E-state index in [2.05, 4.69) is 25.6 Å². The Kier molecular flexibility index (Phi) is 5.19. The van der Waals surface area contributed by atoms with E-state index in [-0.39, 0.29) is 17.3 Å². The Morgan fingerprint density at radius 2 is 1.76 bits per heavy atom. The van der Waals surface area contributed by atoms with Crippen LogP contribution >= 0.6 is 0 Å². The summed E-state index contributed by atoms with van der Waals surface area (Å²) in [6.45, 7) is 0.324. The van der Waals surface area contributed by atoms with Gasteiger partial charge >= 0.3 is 0 Å². The fourth-order valence-electron chi connectivity index (χ4n) is 3.55. The summed E-state index contributed by atoms with van der Waals surface area (Å²) in [5.41, 5.74) is 2.49. The fraction of sp³-hybridized carbons (Fsp3) is 0.0417. The summed E-state index contributed by atoms with van der Waals surface area (Å²) in [5.74, 6) is -0.926. The van der Waals surface area contributed by atoms with E-state index in [1.807, 2.05) is 36.4 Å². The molecular formula is C24H17FN6O2. The van der Waals surface area contributed by atoms with Gasteiger partial charge in [-0.2, -0.15) is 4.39 Å². The highest BCUT2D eigenvalue weighted by atomic mass is 19.1. The van der Waals surface area contributed by atoms with Gasteiger partial charge in [-0.15, -0.1) is 0 Å². The third kappa shape index (κ3) is 3.99. The van der Waals surface area contributed by atoms with Crippen molar-refractivity contribution in [3.63, 3.8) is 0 Å². The molecule has 3 aromatic heterocycles. The van der Waals surface area contributed by atoms with Gasteiger partial charge in [-0.05, 0) is 42.5 Å². The van der Waals surface area contributed by atoms with Crippen LogP contribution in [0.4, 0.5) is 27.4 Å². The predicted molar refractivity (Wildman–Crippen MR) is 121 cm³/mol. The number of hydrogen-bond donors (Lipinski definition) is 2. The lowest BCUT2D eigenvalue weighted by molar-refractivity contribution is 0.0984. The molecule has 0 spiro atoms. The maximum absolute atomic E-state index is 13.7. The molecule has 0 saturated heterocycles. The normalized spacial score (nSPS) is 12.1. The first kappa shape index (κ1) is 20.3. The minimum absolute atomic E-state index is 0.187. The molecule has 4 aromatic rings. The summed E-state index contributed by atoms with van der Waals surface area (Å²) in [4.78, 5) is 39.4. The Morgan fingerprint density at radius 3 is 2.58 bits per heavy atom. The van der Waals surface area contributed by atoms with Crippen molar-refractivity contribution < 1.29 is 14.0 Å². The minimum Gasteiger partial charge on any atom is -0.338 e. The van der Waals surface area contributed by atoms with Crippen molar-refractivity contribution >= 4 is 34.8 Å². The molecule has 162 valence electrons. The van der Waals surface area contributed by atoms with Crippen LogP contribution in [0.25, 0.3) is 0 Å². The zero-order valence-corrected chi connectivity index (χ0v) is 17.2. The summed E-state index contributed by atoms with van der Waals surface area (Å²) >= 11 is 0. The van der Waals surface area contributed by atoms with Crippen molar-refractivity contribution in [1.29, 1.82) is 0 Å². The minimum atomic E-state index is -0.870. The van der Waals surface area contributed by atoms with Crippen LogP contribution in [0.5, 0.6) is 0 Å². The van der Waals surface area contributed by atoms with Crippen LogP contribution in [0.15, 0.2) is 79.3 Å². The van der Waals surface area contributed by atoms with Gasteiger partial charge in [-0.3, -0.25) is 9.59 Å². The number of aromatic nitrogens is 3.